The van der Waals surface area contributed by atoms with Crippen molar-refractivity contribution in [3.63, 3.8) is 0 Å². The van der Waals surface area contributed by atoms with E-state index >= 15 is 0 Å². The number of fused-ring (bicyclic) bond motifs is 1. The number of hydrogen-bond acceptors (Lipinski definition) is 15. The van der Waals surface area contributed by atoms with Crippen LogP contribution in [0.5, 0.6) is 5.88 Å². The van der Waals surface area contributed by atoms with E-state index in [2.05, 4.69) is 30.1 Å². The first-order valence-electron chi connectivity index (χ1n) is 12.0. The Morgan fingerprint density at radius 3 is 2.77 bits per heavy atom. The smallest absolute Gasteiger partial charge is 0.327 e. The number of rotatable bonds is 11. The second-order valence-corrected chi connectivity index (χ2v) is 13.7. The summed E-state index contributed by atoms with van der Waals surface area (Å²) in [6.07, 6.45) is -2.75. The van der Waals surface area contributed by atoms with E-state index in [4.69, 9.17) is 19.7 Å². The lowest BCUT2D eigenvalue weighted by atomic mass is 9.96. The molecular weight excluding hydrogens is 573 g/mol. The Hall–Kier alpha value is -2.86. The summed E-state index contributed by atoms with van der Waals surface area (Å²) in [5.41, 5.74) is 4.28. The number of hydrogen-bond donors (Lipinski definition) is 5. The van der Waals surface area contributed by atoms with Crippen LogP contribution in [0.15, 0.2) is 6.33 Å². The van der Waals surface area contributed by atoms with Crippen LogP contribution in [0.1, 0.15) is 26.5 Å². The first kappa shape index (κ1) is 30.1. The van der Waals surface area contributed by atoms with E-state index < -0.39 is 67.1 Å². The molecule has 0 aliphatic carbocycles. The number of nitrogen functional groups attached to an aromatic ring is 1. The summed E-state index contributed by atoms with van der Waals surface area (Å²) in [6.45, 7) is -1.73. The molecule has 0 saturated carbocycles. The van der Waals surface area contributed by atoms with E-state index in [0.29, 0.717) is 11.4 Å². The predicted octanol–water partition coefficient (Wildman–Crippen LogP) is -0.902. The Morgan fingerprint density at radius 1 is 1.43 bits per heavy atom. The molecule has 0 bridgehead atoms. The Kier molecular flexibility index (Phi) is 8.70. The van der Waals surface area contributed by atoms with Gasteiger partial charge in [0.25, 0.3) is 0 Å². The number of carbonyl (C=O) groups is 3. The van der Waals surface area contributed by atoms with Gasteiger partial charge >= 0.3 is 12.7 Å². The third kappa shape index (κ3) is 5.93. The summed E-state index contributed by atoms with van der Waals surface area (Å²) in [5, 5.41) is 26.9. The average Bonchev–Trinajstić information content (AvgIpc) is 3.53. The Morgan fingerprint density at radius 2 is 2.15 bits per heavy atom. The summed E-state index contributed by atoms with van der Waals surface area (Å²) in [4.78, 5) is 47.8. The van der Waals surface area contributed by atoms with Crippen LogP contribution < -0.4 is 20.9 Å². The number of amides is 2. The standard InChI is InChI=1S/C21H30N7O10PS/c1-9(18(32)36-4)27-39(34,40-7-10-5-12(29)24-16(10)31)37-6-11-14(30)21(2,33)19(38-11)28-8-23-13-15(28)25-20(22)26-17(13)35-3/h8-11,14,19,30,33H,5-7H2,1-4H3,(H,27,34)(H2,22,25,26)(H,24,29,31)/t9-,10?,11-,14-,19-,21-,39+/m1/s1. The molecule has 2 fully saturated rings. The zero-order chi connectivity index (χ0) is 29.4. The molecule has 1 unspecified atom stereocenters. The Labute approximate surface area is 231 Å². The molecule has 0 aromatic carbocycles. The van der Waals surface area contributed by atoms with Gasteiger partial charge < -0.3 is 34.7 Å². The third-order valence-electron chi connectivity index (χ3n) is 6.43. The number of ether oxygens (including phenoxy) is 3. The van der Waals surface area contributed by atoms with Crippen molar-refractivity contribution in [3.8, 4) is 5.88 Å². The summed E-state index contributed by atoms with van der Waals surface area (Å²) < 4.78 is 36.6. The number of esters is 1. The van der Waals surface area contributed by atoms with Crippen LogP contribution in [0.25, 0.3) is 11.2 Å². The molecule has 6 N–H and O–H groups in total. The summed E-state index contributed by atoms with van der Waals surface area (Å²) in [6, 6.07) is -1.06. The van der Waals surface area contributed by atoms with Crippen LogP contribution in [0.2, 0.25) is 0 Å². The van der Waals surface area contributed by atoms with Crippen molar-refractivity contribution >= 4 is 53.0 Å². The summed E-state index contributed by atoms with van der Waals surface area (Å²) in [5.74, 6) is -2.51. The highest BCUT2D eigenvalue weighted by Crippen LogP contribution is 2.58. The fourth-order valence-electron chi connectivity index (χ4n) is 4.28. The lowest BCUT2D eigenvalue weighted by Crippen LogP contribution is -2.44. The third-order valence-corrected chi connectivity index (χ3v) is 10.6. The second kappa shape index (κ2) is 11.6. The highest BCUT2D eigenvalue weighted by Gasteiger charge is 2.54. The van der Waals surface area contributed by atoms with Gasteiger partial charge in [-0.2, -0.15) is 9.97 Å². The van der Waals surface area contributed by atoms with Gasteiger partial charge in [-0.25, -0.2) is 10.1 Å². The van der Waals surface area contributed by atoms with Crippen molar-refractivity contribution in [1.82, 2.24) is 29.9 Å². The van der Waals surface area contributed by atoms with E-state index in [1.165, 1.54) is 31.9 Å². The number of anilines is 1. The van der Waals surface area contributed by atoms with Crippen LogP contribution in [0, 0.1) is 5.92 Å². The largest absolute Gasteiger partial charge is 0.479 e. The van der Waals surface area contributed by atoms with Gasteiger partial charge in [-0.15, -0.1) is 0 Å². The zero-order valence-corrected chi connectivity index (χ0v) is 23.7. The lowest BCUT2D eigenvalue weighted by Gasteiger charge is -2.27. The fraction of sp³-hybridized carbons (Fsp3) is 0.619. The highest BCUT2D eigenvalue weighted by molar-refractivity contribution is 8.56. The van der Waals surface area contributed by atoms with E-state index in [0.717, 1.165) is 7.11 Å². The van der Waals surface area contributed by atoms with Crippen LogP contribution >= 0.6 is 18.1 Å². The molecule has 2 aromatic rings. The summed E-state index contributed by atoms with van der Waals surface area (Å²) >= 11 is 0.715. The molecule has 4 rings (SSSR count). The first-order chi connectivity index (χ1) is 18.8. The average molecular weight is 604 g/mol. The van der Waals surface area contributed by atoms with Crippen molar-refractivity contribution in [3.05, 3.63) is 6.33 Å². The van der Waals surface area contributed by atoms with Crippen LogP contribution in [-0.2, 0) is 32.9 Å². The quantitative estimate of drug-likeness (QED) is 0.119. The topological polar surface area (TPSA) is 239 Å². The number of aliphatic hydroxyl groups excluding tert-OH is 1. The van der Waals surface area contributed by atoms with Crippen molar-refractivity contribution in [2.24, 2.45) is 5.92 Å². The minimum atomic E-state index is -3.97. The number of aliphatic hydroxyl groups is 2. The molecule has 220 valence electrons. The van der Waals surface area contributed by atoms with Gasteiger partial charge in [-0.3, -0.25) is 28.8 Å². The Balaban J connectivity index is 1.53. The number of imidazole rings is 1. The van der Waals surface area contributed by atoms with E-state index in [1.807, 2.05) is 0 Å². The Bertz CT molecular complexity index is 1360. The van der Waals surface area contributed by atoms with Gasteiger partial charge in [0.2, 0.25) is 23.6 Å². The SMILES string of the molecule is COC(=O)[C@@H](C)N[P@](=O)(OC[C@H]1O[C@@H](n2cnc3c(OC)nc(N)nc32)[C@](C)(O)[C@@H]1O)SCC1CC(=O)NC1=O. The molecule has 0 spiro atoms. The van der Waals surface area contributed by atoms with Gasteiger partial charge in [-0.1, -0.05) is 11.4 Å². The molecule has 40 heavy (non-hydrogen) atoms. The van der Waals surface area contributed by atoms with Gasteiger partial charge in [-0.05, 0) is 13.8 Å². The first-order valence-corrected chi connectivity index (χ1v) is 15.2. The summed E-state index contributed by atoms with van der Waals surface area (Å²) in [7, 11) is 2.54. The molecule has 2 aliphatic rings. The van der Waals surface area contributed by atoms with Crippen molar-refractivity contribution in [1.29, 1.82) is 0 Å². The second-order valence-electron chi connectivity index (χ2n) is 9.39. The van der Waals surface area contributed by atoms with Gasteiger partial charge in [0.05, 0.1) is 33.1 Å². The molecule has 2 aliphatic heterocycles. The number of aromatic nitrogens is 4. The minimum Gasteiger partial charge on any atom is -0.479 e. The number of nitrogens with one attached hydrogen (secondary N) is 2. The van der Waals surface area contributed by atoms with Crippen LogP contribution in [0.4, 0.5) is 5.95 Å². The molecule has 2 aromatic heterocycles. The highest BCUT2D eigenvalue weighted by atomic mass is 32.7. The van der Waals surface area contributed by atoms with Crippen LogP contribution in [-0.4, -0.2) is 97.9 Å². The molecule has 2 saturated heterocycles. The minimum absolute atomic E-state index is 0.0614. The fourth-order valence-corrected chi connectivity index (χ4v) is 8.30. The van der Waals surface area contributed by atoms with Gasteiger partial charge in [0.15, 0.2) is 17.4 Å². The molecule has 19 heteroatoms. The number of nitrogens with zero attached hydrogens (tertiary/aromatic N) is 4. The monoisotopic (exact) mass is 603 g/mol. The molecule has 2 amide bonds. The maximum atomic E-state index is 13.8. The number of imide groups is 1. The van der Waals surface area contributed by atoms with Crippen LogP contribution in [0.3, 0.4) is 0 Å². The maximum Gasteiger partial charge on any atom is 0.327 e. The van der Waals surface area contributed by atoms with Gasteiger partial charge in [0, 0.05) is 12.2 Å². The molecule has 4 heterocycles. The predicted molar refractivity (Wildman–Crippen MR) is 139 cm³/mol. The van der Waals surface area contributed by atoms with Crippen molar-refractivity contribution in [2.75, 3.05) is 32.3 Å². The maximum absolute atomic E-state index is 13.8. The van der Waals surface area contributed by atoms with Crippen molar-refractivity contribution in [2.45, 2.75) is 50.3 Å². The van der Waals surface area contributed by atoms with E-state index in [-0.39, 0.29) is 35.2 Å². The normalized spacial score (nSPS) is 28.9. The lowest BCUT2D eigenvalue weighted by molar-refractivity contribution is -0.142. The molecule has 17 nitrogen and oxygen atoms in total. The molecular formula is C21H30N7O10PS. The number of nitrogens with two attached hydrogens (primary N) is 1. The van der Waals surface area contributed by atoms with Crippen molar-refractivity contribution < 1.29 is 47.9 Å². The van der Waals surface area contributed by atoms with E-state index in [1.54, 1.807) is 0 Å². The zero-order valence-electron chi connectivity index (χ0n) is 22.0. The number of carbonyl (C=O) groups excluding carboxylic acids is 3. The number of methoxy groups -OCH3 is 2. The molecule has 0 radical (unpaired) electrons. The molecule has 7 atom stereocenters. The van der Waals surface area contributed by atoms with E-state index in [9.17, 15) is 29.2 Å². The van der Waals surface area contributed by atoms with Gasteiger partial charge in [0.1, 0.15) is 23.9 Å².